The summed E-state index contributed by atoms with van der Waals surface area (Å²) in [6, 6.07) is 28.0. The van der Waals surface area contributed by atoms with E-state index >= 15 is 0 Å². The van der Waals surface area contributed by atoms with Crippen LogP contribution in [0.5, 0.6) is 5.75 Å². The molecule has 1 saturated carbocycles. The van der Waals surface area contributed by atoms with Crippen LogP contribution in [0.4, 0.5) is 0 Å². The maximum absolute atomic E-state index is 13.7. The maximum atomic E-state index is 13.7. The van der Waals surface area contributed by atoms with Crippen LogP contribution in [0, 0.1) is 5.92 Å². The van der Waals surface area contributed by atoms with Gasteiger partial charge in [0.15, 0.2) is 0 Å². The molecule has 1 N–H and O–H groups in total. The molecule has 1 aliphatic carbocycles. The summed E-state index contributed by atoms with van der Waals surface area (Å²) in [6.07, 6.45) is 2.15. The first-order chi connectivity index (χ1) is 17.1. The molecule has 1 aliphatic heterocycles. The highest BCUT2D eigenvalue weighted by Gasteiger charge is 2.49. The summed E-state index contributed by atoms with van der Waals surface area (Å²) in [5, 5.41) is 3.17. The monoisotopic (exact) mass is 468 g/mol. The van der Waals surface area contributed by atoms with Gasteiger partial charge in [-0.05, 0) is 42.4 Å². The summed E-state index contributed by atoms with van der Waals surface area (Å²) < 4.78 is 5.45. The van der Waals surface area contributed by atoms with Crippen LogP contribution >= 0.6 is 0 Å². The molecule has 5 heteroatoms. The van der Waals surface area contributed by atoms with Gasteiger partial charge in [-0.3, -0.25) is 9.59 Å². The van der Waals surface area contributed by atoms with E-state index in [4.69, 9.17) is 4.74 Å². The molecular weight excluding hydrogens is 436 g/mol. The largest absolute Gasteiger partial charge is 0.496 e. The Kier molecular flexibility index (Phi) is 6.58. The number of nitrogens with one attached hydrogen (secondary N) is 1. The first-order valence-electron chi connectivity index (χ1n) is 12.4. The molecule has 0 aromatic heterocycles. The van der Waals surface area contributed by atoms with Gasteiger partial charge in [0.2, 0.25) is 11.8 Å². The van der Waals surface area contributed by atoms with Crippen molar-refractivity contribution in [2.45, 2.75) is 37.1 Å². The zero-order chi connectivity index (χ0) is 24.3. The number of carbonyl (C=O) groups excluding carboxylic acids is 2. The predicted molar refractivity (Wildman–Crippen MR) is 136 cm³/mol. The summed E-state index contributed by atoms with van der Waals surface area (Å²) in [7, 11) is 1.64. The molecular formula is C30H32N2O3. The average Bonchev–Trinajstić information content (AvgIpc) is 3.73. The van der Waals surface area contributed by atoms with E-state index < -0.39 is 5.41 Å². The molecule has 2 amide bonds. The highest BCUT2D eigenvalue weighted by atomic mass is 16.5. The third-order valence-electron chi connectivity index (χ3n) is 7.66. The van der Waals surface area contributed by atoms with Crippen molar-refractivity contribution in [2.24, 2.45) is 5.92 Å². The van der Waals surface area contributed by atoms with E-state index in [2.05, 4.69) is 17.4 Å². The van der Waals surface area contributed by atoms with Crippen LogP contribution in [-0.2, 0) is 21.5 Å². The van der Waals surface area contributed by atoms with Gasteiger partial charge < -0.3 is 15.0 Å². The van der Waals surface area contributed by atoms with Crippen molar-refractivity contribution in [3.8, 4) is 5.75 Å². The number of ether oxygens (including phenoxy) is 1. The minimum Gasteiger partial charge on any atom is -0.496 e. The molecule has 0 bridgehead atoms. The zero-order valence-corrected chi connectivity index (χ0v) is 20.2. The molecule has 1 saturated heterocycles. The fourth-order valence-corrected chi connectivity index (χ4v) is 5.48. The van der Waals surface area contributed by atoms with Crippen molar-refractivity contribution in [3.05, 3.63) is 102 Å². The van der Waals surface area contributed by atoms with Crippen LogP contribution in [0.15, 0.2) is 84.9 Å². The van der Waals surface area contributed by atoms with Crippen LogP contribution < -0.4 is 10.1 Å². The van der Waals surface area contributed by atoms with E-state index in [1.54, 1.807) is 7.11 Å². The van der Waals surface area contributed by atoms with Gasteiger partial charge in [-0.2, -0.15) is 0 Å². The van der Waals surface area contributed by atoms with Gasteiger partial charge in [0, 0.05) is 31.1 Å². The van der Waals surface area contributed by atoms with Crippen LogP contribution in [0.25, 0.3) is 0 Å². The lowest BCUT2D eigenvalue weighted by Crippen LogP contribution is -2.53. The number of para-hydroxylation sites is 1. The third kappa shape index (κ3) is 4.68. The highest BCUT2D eigenvalue weighted by molar-refractivity contribution is 5.89. The standard InChI is InChI=1S/C30H32N2O3/c1-35-27-15-9-8-12-23(27)21-31-29(34)30(24-13-6-3-7-14-24)16-18-32(19-17-30)28(33)26-20-25(26)22-10-4-2-5-11-22/h2-15,25-26H,16-21H2,1H3,(H,31,34). The van der Waals surface area contributed by atoms with Crippen molar-refractivity contribution in [1.29, 1.82) is 0 Å². The first-order valence-corrected chi connectivity index (χ1v) is 12.4. The van der Waals surface area contributed by atoms with Crippen molar-refractivity contribution in [1.82, 2.24) is 10.2 Å². The zero-order valence-electron chi connectivity index (χ0n) is 20.2. The number of piperidine rings is 1. The molecule has 5 nitrogen and oxygen atoms in total. The molecule has 35 heavy (non-hydrogen) atoms. The first kappa shape index (κ1) is 23.2. The van der Waals surface area contributed by atoms with E-state index in [9.17, 15) is 9.59 Å². The van der Waals surface area contributed by atoms with E-state index in [0.717, 1.165) is 23.3 Å². The number of amides is 2. The molecule has 1 heterocycles. The Morgan fingerprint density at radius 2 is 1.54 bits per heavy atom. The van der Waals surface area contributed by atoms with Gasteiger partial charge in [0.1, 0.15) is 5.75 Å². The molecule has 180 valence electrons. The lowest BCUT2D eigenvalue weighted by Gasteiger charge is -2.41. The van der Waals surface area contributed by atoms with E-state index in [1.165, 1.54) is 5.56 Å². The average molecular weight is 469 g/mol. The van der Waals surface area contributed by atoms with E-state index in [0.29, 0.717) is 38.4 Å². The summed E-state index contributed by atoms with van der Waals surface area (Å²) >= 11 is 0. The smallest absolute Gasteiger partial charge is 0.231 e. The van der Waals surface area contributed by atoms with Crippen LogP contribution in [0.3, 0.4) is 0 Å². The van der Waals surface area contributed by atoms with E-state index in [1.807, 2.05) is 77.7 Å². The summed E-state index contributed by atoms with van der Waals surface area (Å²) in [4.78, 5) is 28.9. The normalized spacial score (nSPS) is 20.7. The second-order valence-corrected chi connectivity index (χ2v) is 9.63. The fourth-order valence-electron chi connectivity index (χ4n) is 5.48. The Balaban J connectivity index is 1.28. The lowest BCUT2D eigenvalue weighted by molar-refractivity contribution is -0.138. The topological polar surface area (TPSA) is 58.6 Å². The molecule has 2 atom stereocenters. The Hall–Kier alpha value is -3.60. The number of likely N-dealkylation sites (tertiary alicyclic amines) is 1. The summed E-state index contributed by atoms with van der Waals surface area (Å²) in [5.41, 5.74) is 2.55. The quantitative estimate of drug-likeness (QED) is 0.548. The van der Waals surface area contributed by atoms with Gasteiger partial charge in [-0.1, -0.05) is 78.9 Å². The number of methoxy groups -OCH3 is 1. The van der Waals surface area contributed by atoms with Crippen molar-refractivity contribution in [3.63, 3.8) is 0 Å². The third-order valence-corrected chi connectivity index (χ3v) is 7.66. The minimum absolute atomic E-state index is 0.00953. The van der Waals surface area contributed by atoms with Crippen molar-refractivity contribution in [2.75, 3.05) is 20.2 Å². The van der Waals surface area contributed by atoms with Crippen molar-refractivity contribution < 1.29 is 14.3 Å². The molecule has 2 fully saturated rings. The lowest BCUT2D eigenvalue weighted by atomic mass is 9.72. The number of benzene rings is 3. The molecule has 0 radical (unpaired) electrons. The molecule has 2 unspecified atom stereocenters. The van der Waals surface area contributed by atoms with Crippen LogP contribution in [0.2, 0.25) is 0 Å². The predicted octanol–water partition coefficient (Wildman–Crippen LogP) is 4.68. The van der Waals surface area contributed by atoms with Gasteiger partial charge in [-0.15, -0.1) is 0 Å². The fraction of sp³-hybridized carbons (Fsp3) is 0.333. The van der Waals surface area contributed by atoms with Gasteiger partial charge in [0.05, 0.1) is 12.5 Å². The second kappa shape index (κ2) is 9.95. The second-order valence-electron chi connectivity index (χ2n) is 9.63. The Labute approximate surface area is 207 Å². The Morgan fingerprint density at radius 1 is 0.914 bits per heavy atom. The van der Waals surface area contributed by atoms with Crippen LogP contribution in [-0.4, -0.2) is 36.9 Å². The number of nitrogens with zero attached hydrogens (tertiary/aromatic N) is 1. The molecule has 2 aliphatic rings. The van der Waals surface area contributed by atoms with Crippen LogP contribution in [0.1, 0.15) is 41.9 Å². The minimum atomic E-state index is -0.650. The molecule has 5 rings (SSSR count). The molecule has 0 spiro atoms. The molecule has 3 aromatic rings. The number of hydrogen-bond acceptors (Lipinski definition) is 3. The maximum Gasteiger partial charge on any atom is 0.231 e. The highest BCUT2D eigenvalue weighted by Crippen LogP contribution is 2.49. The Morgan fingerprint density at radius 3 is 2.23 bits per heavy atom. The number of rotatable bonds is 7. The van der Waals surface area contributed by atoms with Gasteiger partial charge >= 0.3 is 0 Å². The summed E-state index contributed by atoms with van der Waals surface area (Å²) in [5.74, 6) is 1.40. The van der Waals surface area contributed by atoms with Gasteiger partial charge in [-0.25, -0.2) is 0 Å². The van der Waals surface area contributed by atoms with Gasteiger partial charge in [0.25, 0.3) is 0 Å². The number of carbonyl (C=O) groups is 2. The van der Waals surface area contributed by atoms with E-state index in [-0.39, 0.29) is 17.7 Å². The SMILES string of the molecule is COc1ccccc1CNC(=O)C1(c2ccccc2)CCN(C(=O)C2CC2c2ccccc2)CC1. The molecule has 3 aromatic carbocycles. The Bertz CT molecular complexity index is 1170. The number of hydrogen-bond donors (Lipinski definition) is 1. The summed E-state index contributed by atoms with van der Waals surface area (Å²) in [6.45, 7) is 1.59. The van der Waals surface area contributed by atoms with Crippen molar-refractivity contribution >= 4 is 11.8 Å².